The molecule has 90 valence electrons. The topological polar surface area (TPSA) is 9.23 Å². The molecule has 1 saturated heterocycles. The van der Waals surface area contributed by atoms with Crippen LogP contribution in [0.25, 0.3) is 0 Å². The van der Waals surface area contributed by atoms with Crippen LogP contribution in [0.4, 0.5) is 0 Å². The first-order valence-corrected chi connectivity index (χ1v) is 7.11. The average Bonchev–Trinajstić information content (AvgIpc) is 2.28. The van der Waals surface area contributed by atoms with Gasteiger partial charge < -0.3 is 4.74 Å². The first kappa shape index (κ1) is 10.8. The van der Waals surface area contributed by atoms with E-state index in [1.165, 1.54) is 57.8 Å². The van der Waals surface area contributed by atoms with Crippen LogP contribution in [0.3, 0.4) is 0 Å². The smallest absolute Gasteiger partial charge is 0.0726 e. The molecule has 2 aliphatic carbocycles. The summed E-state index contributed by atoms with van der Waals surface area (Å²) in [5, 5.41) is 0. The van der Waals surface area contributed by atoms with Crippen molar-refractivity contribution in [3.8, 4) is 0 Å². The Hall–Kier alpha value is -0.300. The third-order valence-corrected chi connectivity index (χ3v) is 4.91. The third-order valence-electron chi connectivity index (χ3n) is 4.91. The molecule has 16 heavy (non-hydrogen) atoms. The minimum absolute atomic E-state index is 0.247. The third kappa shape index (κ3) is 1.95. The van der Waals surface area contributed by atoms with Crippen molar-refractivity contribution < 1.29 is 4.74 Å². The summed E-state index contributed by atoms with van der Waals surface area (Å²) in [5.41, 5.74) is 1.80. The highest BCUT2D eigenvalue weighted by atomic mass is 16.5. The quantitative estimate of drug-likeness (QED) is 0.555. The van der Waals surface area contributed by atoms with E-state index in [1.54, 1.807) is 5.57 Å². The molecule has 0 radical (unpaired) electrons. The van der Waals surface area contributed by atoms with E-state index < -0.39 is 0 Å². The number of ether oxygens (including phenoxy) is 1. The fourth-order valence-corrected chi connectivity index (χ4v) is 4.05. The molecule has 0 amide bonds. The zero-order chi connectivity index (χ0) is 11.0. The van der Waals surface area contributed by atoms with E-state index in [0.717, 1.165) is 5.92 Å². The molecule has 3 aliphatic rings. The Bertz CT molecular complexity index is 294. The van der Waals surface area contributed by atoms with Crippen molar-refractivity contribution in [2.45, 2.75) is 76.4 Å². The summed E-state index contributed by atoms with van der Waals surface area (Å²) in [6.45, 7) is 2.28. The van der Waals surface area contributed by atoms with Gasteiger partial charge in [-0.2, -0.15) is 0 Å². The molecule has 1 nitrogen and oxygen atoms in total. The predicted octanol–water partition coefficient (Wildman–Crippen LogP) is 4.22. The van der Waals surface area contributed by atoms with Crippen molar-refractivity contribution >= 4 is 0 Å². The van der Waals surface area contributed by atoms with Gasteiger partial charge in [0.25, 0.3) is 0 Å². The van der Waals surface area contributed by atoms with Gasteiger partial charge in [-0.1, -0.05) is 24.5 Å². The molecular weight excluding hydrogens is 196 g/mol. The van der Waals surface area contributed by atoms with Crippen molar-refractivity contribution in [2.24, 2.45) is 5.92 Å². The maximum absolute atomic E-state index is 6.55. The van der Waals surface area contributed by atoms with Crippen LogP contribution in [0.2, 0.25) is 0 Å². The van der Waals surface area contributed by atoms with E-state index in [4.69, 9.17) is 4.74 Å². The molecule has 0 aromatic heterocycles. The second-order valence-corrected chi connectivity index (χ2v) is 6.19. The Balaban J connectivity index is 1.72. The molecule has 0 aromatic carbocycles. The highest BCUT2D eigenvalue weighted by Crippen LogP contribution is 2.46. The molecule has 1 heteroatoms. The highest BCUT2D eigenvalue weighted by molar-refractivity contribution is 5.10. The normalized spacial score (nSPS) is 43.9. The van der Waals surface area contributed by atoms with Gasteiger partial charge in [-0.25, -0.2) is 0 Å². The van der Waals surface area contributed by atoms with Gasteiger partial charge in [0.1, 0.15) is 0 Å². The monoisotopic (exact) mass is 220 g/mol. The minimum atomic E-state index is 0.247. The highest BCUT2D eigenvalue weighted by Gasteiger charge is 2.42. The van der Waals surface area contributed by atoms with Gasteiger partial charge in [0.2, 0.25) is 0 Å². The Labute approximate surface area is 99.3 Å². The van der Waals surface area contributed by atoms with Gasteiger partial charge in [0.15, 0.2) is 0 Å². The summed E-state index contributed by atoms with van der Waals surface area (Å²) in [6.07, 6.45) is 15.1. The number of rotatable bonds is 0. The van der Waals surface area contributed by atoms with E-state index in [-0.39, 0.29) is 5.60 Å². The summed E-state index contributed by atoms with van der Waals surface area (Å²) >= 11 is 0. The van der Waals surface area contributed by atoms with Crippen LogP contribution in [-0.4, -0.2) is 11.7 Å². The van der Waals surface area contributed by atoms with Crippen LogP contribution >= 0.6 is 0 Å². The van der Waals surface area contributed by atoms with Crippen molar-refractivity contribution in [1.29, 1.82) is 0 Å². The van der Waals surface area contributed by atoms with E-state index >= 15 is 0 Å². The van der Waals surface area contributed by atoms with Crippen molar-refractivity contribution in [1.82, 2.24) is 0 Å². The minimum Gasteiger partial charge on any atom is -0.371 e. The molecule has 0 N–H and O–H groups in total. The fourth-order valence-electron chi connectivity index (χ4n) is 4.05. The van der Waals surface area contributed by atoms with Crippen LogP contribution in [-0.2, 0) is 4.74 Å². The van der Waals surface area contributed by atoms with E-state index in [0.29, 0.717) is 6.10 Å². The van der Waals surface area contributed by atoms with Crippen molar-refractivity contribution in [3.05, 3.63) is 11.6 Å². The van der Waals surface area contributed by atoms with Gasteiger partial charge in [0.05, 0.1) is 11.7 Å². The Morgan fingerprint density at radius 2 is 2.06 bits per heavy atom. The zero-order valence-corrected chi connectivity index (χ0v) is 10.5. The van der Waals surface area contributed by atoms with E-state index in [9.17, 15) is 0 Å². The van der Waals surface area contributed by atoms with Gasteiger partial charge in [-0.05, 0) is 57.8 Å². The average molecular weight is 220 g/mol. The van der Waals surface area contributed by atoms with Crippen molar-refractivity contribution in [2.75, 3.05) is 0 Å². The Kier molecular flexibility index (Phi) is 2.83. The molecule has 0 unspecified atom stereocenters. The molecule has 1 saturated carbocycles. The van der Waals surface area contributed by atoms with Crippen LogP contribution in [0.1, 0.15) is 64.7 Å². The summed E-state index contributed by atoms with van der Waals surface area (Å²) < 4.78 is 6.55. The van der Waals surface area contributed by atoms with Crippen LogP contribution < -0.4 is 0 Å². The van der Waals surface area contributed by atoms with E-state index in [1.807, 2.05) is 0 Å². The predicted molar refractivity (Wildman–Crippen MR) is 66.4 cm³/mol. The first-order chi connectivity index (χ1) is 7.77. The van der Waals surface area contributed by atoms with Crippen LogP contribution in [0.15, 0.2) is 11.6 Å². The molecule has 1 aliphatic heterocycles. The molecule has 1 spiro atoms. The SMILES string of the molecule is CC1=CCC[C@@]2(CC[C@@H]3CCCC[C@H]3O2)C1. The molecule has 0 aromatic rings. The summed E-state index contributed by atoms with van der Waals surface area (Å²) in [4.78, 5) is 0. The first-order valence-electron chi connectivity index (χ1n) is 7.11. The molecule has 1 heterocycles. The summed E-state index contributed by atoms with van der Waals surface area (Å²) in [5.74, 6) is 0.894. The lowest BCUT2D eigenvalue weighted by atomic mass is 9.73. The van der Waals surface area contributed by atoms with Gasteiger partial charge >= 0.3 is 0 Å². The largest absolute Gasteiger partial charge is 0.371 e. The number of hydrogen-bond acceptors (Lipinski definition) is 1. The molecule has 3 rings (SSSR count). The zero-order valence-electron chi connectivity index (χ0n) is 10.5. The summed E-state index contributed by atoms with van der Waals surface area (Å²) in [7, 11) is 0. The second kappa shape index (κ2) is 4.18. The maximum Gasteiger partial charge on any atom is 0.0726 e. The lowest BCUT2D eigenvalue weighted by molar-refractivity contribution is -0.168. The Morgan fingerprint density at radius 3 is 2.94 bits per heavy atom. The van der Waals surface area contributed by atoms with Crippen LogP contribution in [0, 0.1) is 5.92 Å². The van der Waals surface area contributed by atoms with Gasteiger partial charge in [-0.15, -0.1) is 0 Å². The lowest BCUT2D eigenvalue weighted by Crippen LogP contribution is -2.47. The number of fused-ring (bicyclic) bond motifs is 1. The molecular formula is C15H24O. The van der Waals surface area contributed by atoms with Crippen LogP contribution in [0.5, 0.6) is 0 Å². The number of hydrogen-bond donors (Lipinski definition) is 0. The molecule has 0 bridgehead atoms. The maximum atomic E-state index is 6.55. The standard InChI is InChI=1S/C15H24O/c1-12-5-4-9-15(11-12)10-8-13-6-2-3-7-14(13)16-15/h5,13-14H,2-4,6-11H2,1H3/t13-,14+,15+/m0/s1. The van der Waals surface area contributed by atoms with Gasteiger partial charge in [-0.3, -0.25) is 0 Å². The second-order valence-electron chi connectivity index (χ2n) is 6.19. The van der Waals surface area contributed by atoms with Crippen molar-refractivity contribution in [3.63, 3.8) is 0 Å². The molecule has 2 fully saturated rings. The summed E-state index contributed by atoms with van der Waals surface area (Å²) in [6, 6.07) is 0. The Morgan fingerprint density at radius 1 is 1.19 bits per heavy atom. The lowest BCUT2D eigenvalue weighted by Gasteiger charge is -2.48. The fraction of sp³-hybridized carbons (Fsp3) is 0.867. The number of allylic oxidation sites excluding steroid dienone is 1. The van der Waals surface area contributed by atoms with Gasteiger partial charge in [0, 0.05) is 0 Å². The molecule has 3 atom stereocenters. The van der Waals surface area contributed by atoms with E-state index in [2.05, 4.69) is 13.0 Å².